The van der Waals surface area contributed by atoms with Crippen LogP contribution in [0.25, 0.3) is 28.3 Å². The number of hydrogen-bond donors (Lipinski definition) is 0. The Morgan fingerprint density at radius 2 is 1.81 bits per heavy atom. The molecule has 2 heterocycles. The molecule has 4 rings (SSSR count). The number of rotatable bonds is 5. The topological polar surface area (TPSA) is 34.2 Å². The molecule has 0 atom stereocenters. The summed E-state index contributed by atoms with van der Waals surface area (Å²) in [6.07, 6.45) is 3.54. The van der Waals surface area contributed by atoms with Gasteiger partial charge in [-0.2, -0.15) is 5.10 Å². The molecule has 2 aromatic heterocycles. The SMILES string of the molecule is CN(C)Cc1cnn(-c2ccc(-c3cccc(F)c3)cc2)c1-c1ccco1. The van der Waals surface area contributed by atoms with Gasteiger partial charge in [-0.25, -0.2) is 9.07 Å². The Kier molecular flexibility index (Phi) is 4.60. The number of benzene rings is 2. The van der Waals surface area contributed by atoms with Crippen LogP contribution in [0.3, 0.4) is 0 Å². The van der Waals surface area contributed by atoms with Crippen molar-refractivity contribution in [2.45, 2.75) is 6.54 Å². The van der Waals surface area contributed by atoms with Crippen molar-refractivity contribution in [1.29, 1.82) is 0 Å². The third kappa shape index (κ3) is 3.55. The first-order chi connectivity index (χ1) is 13.1. The fourth-order valence-electron chi connectivity index (χ4n) is 3.17. The summed E-state index contributed by atoms with van der Waals surface area (Å²) in [7, 11) is 4.05. The van der Waals surface area contributed by atoms with Crippen molar-refractivity contribution in [3.05, 3.63) is 84.5 Å². The zero-order chi connectivity index (χ0) is 18.8. The van der Waals surface area contributed by atoms with Crippen LogP contribution in [-0.2, 0) is 6.54 Å². The molecule has 0 saturated carbocycles. The summed E-state index contributed by atoms with van der Waals surface area (Å²) in [6, 6.07) is 18.3. The summed E-state index contributed by atoms with van der Waals surface area (Å²) in [5.74, 6) is 0.538. The molecular formula is C22H20FN3O. The second-order valence-corrected chi connectivity index (χ2v) is 6.70. The van der Waals surface area contributed by atoms with Crippen LogP contribution in [0.2, 0.25) is 0 Å². The van der Waals surface area contributed by atoms with Crippen LogP contribution in [0.5, 0.6) is 0 Å². The second-order valence-electron chi connectivity index (χ2n) is 6.70. The molecule has 0 radical (unpaired) electrons. The van der Waals surface area contributed by atoms with Crippen LogP contribution in [0, 0.1) is 5.82 Å². The van der Waals surface area contributed by atoms with Gasteiger partial charge in [0.25, 0.3) is 0 Å². The second kappa shape index (κ2) is 7.21. The highest BCUT2D eigenvalue weighted by Crippen LogP contribution is 2.29. The van der Waals surface area contributed by atoms with E-state index in [2.05, 4.69) is 10.00 Å². The molecule has 0 aliphatic heterocycles. The zero-order valence-electron chi connectivity index (χ0n) is 15.3. The van der Waals surface area contributed by atoms with E-state index in [0.717, 1.165) is 40.4 Å². The highest BCUT2D eigenvalue weighted by Gasteiger charge is 2.17. The Bertz CT molecular complexity index is 1030. The largest absolute Gasteiger partial charge is 0.463 e. The number of nitrogens with zero attached hydrogens (tertiary/aromatic N) is 3. The summed E-state index contributed by atoms with van der Waals surface area (Å²) in [5.41, 5.74) is 4.75. The van der Waals surface area contributed by atoms with E-state index in [9.17, 15) is 4.39 Å². The maximum Gasteiger partial charge on any atom is 0.152 e. The molecule has 0 amide bonds. The van der Waals surface area contributed by atoms with Crippen LogP contribution in [0.1, 0.15) is 5.56 Å². The van der Waals surface area contributed by atoms with Gasteiger partial charge in [-0.1, -0.05) is 24.3 Å². The summed E-state index contributed by atoms with van der Waals surface area (Å²) >= 11 is 0. The molecule has 4 nitrogen and oxygen atoms in total. The van der Waals surface area contributed by atoms with Gasteiger partial charge < -0.3 is 9.32 Å². The van der Waals surface area contributed by atoms with E-state index in [1.165, 1.54) is 12.1 Å². The summed E-state index contributed by atoms with van der Waals surface area (Å²) in [5, 5.41) is 4.58. The minimum absolute atomic E-state index is 0.239. The van der Waals surface area contributed by atoms with E-state index < -0.39 is 0 Å². The zero-order valence-corrected chi connectivity index (χ0v) is 15.3. The van der Waals surface area contributed by atoms with E-state index >= 15 is 0 Å². The lowest BCUT2D eigenvalue weighted by atomic mass is 10.1. The van der Waals surface area contributed by atoms with E-state index in [1.54, 1.807) is 12.3 Å². The van der Waals surface area contributed by atoms with Crippen molar-refractivity contribution >= 4 is 0 Å². The minimum atomic E-state index is -0.239. The van der Waals surface area contributed by atoms with Crippen molar-refractivity contribution in [2.24, 2.45) is 0 Å². The van der Waals surface area contributed by atoms with Gasteiger partial charge in [0.15, 0.2) is 5.76 Å². The Morgan fingerprint density at radius 1 is 1.00 bits per heavy atom. The molecule has 5 heteroatoms. The van der Waals surface area contributed by atoms with Gasteiger partial charge in [0.2, 0.25) is 0 Å². The van der Waals surface area contributed by atoms with Crippen molar-refractivity contribution in [2.75, 3.05) is 14.1 Å². The van der Waals surface area contributed by atoms with E-state index in [4.69, 9.17) is 4.42 Å². The molecule has 0 aliphatic carbocycles. The number of furan rings is 1. The van der Waals surface area contributed by atoms with E-state index in [1.807, 2.05) is 67.4 Å². The smallest absolute Gasteiger partial charge is 0.152 e. The Labute approximate surface area is 157 Å². The standard InChI is InChI=1S/C22H20FN3O/c1-25(2)15-18-14-24-26(22(18)21-7-4-12-27-21)20-10-8-16(9-11-20)17-5-3-6-19(23)13-17/h3-14H,15H2,1-2H3. The van der Waals surface area contributed by atoms with Crippen LogP contribution < -0.4 is 0 Å². The molecule has 0 bridgehead atoms. The lowest BCUT2D eigenvalue weighted by Crippen LogP contribution is -2.11. The lowest BCUT2D eigenvalue weighted by Gasteiger charge is -2.12. The Hall–Kier alpha value is -3.18. The van der Waals surface area contributed by atoms with Crippen molar-refractivity contribution < 1.29 is 8.81 Å². The van der Waals surface area contributed by atoms with Crippen molar-refractivity contribution in [1.82, 2.24) is 14.7 Å². The average Bonchev–Trinajstić information content (AvgIpc) is 3.31. The highest BCUT2D eigenvalue weighted by molar-refractivity contribution is 5.66. The summed E-state index contributed by atoms with van der Waals surface area (Å²) < 4.78 is 21.0. The average molecular weight is 361 g/mol. The van der Waals surface area contributed by atoms with Gasteiger partial charge in [-0.3, -0.25) is 0 Å². The fraction of sp³-hybridized carbons (Fsp3) is 0.136. The molecule has 0 unspecified atom stereocenters. The van der Waals surface area contributed by atoms with Gasteiger partial charge in [0.1, 0.15) is 11.5 Å². The van der Waals surface area contributed by atoms with E-state index in [-0.39, 0.29) is 5.82 Å². The third-order valence-corrected chi connectivity index (χ3v) is 4.36. The first-order valence-electron chi connectivity index (χ1n) is 8.74. The first-order valence-corrected chi connectivity index (χ1v) is 8.74. The van der Waals surface area contributed by atoms with Gasteiger partial charge in [-0.15, -0.1) is 0 Å². The molecule has 0 N–H and O–H groups in total. The molecule has 27 heavy (non-hydrogen) atoms. The number of halogens is 1. The highest BCUT2D eigenvalue weighted by atomic mass is 19.1. The molecule has 0 spiro atoms. The molecule has 4 aromatic rings. The first kappa shape index (κ1) is 17.2. The van der Waals surface area contributed by atoms with Gasteiger partial charge in [-0.05, 0) is 61.6 Å². The number of hydrogen-bond acceptors (Lipinski definition) is 3. The molecular weight excluding hydrogens is 341 g/mol. The normalized spacial score (nSPS) is 11.3. The predicted octanol–water partition coefficient (Wildman–Crippen LogP) is 5.00. The fourth-order valence-corrected chi connectivity index (χ4v) is 3.17. The molecule has 0 saturated heterocycles. The predicted molar refractivity (Wildman–Crippen MR) is 104 cm³/mol. The lowest BCUT2D eigenvalue weighted by molar-refractivity contribution is 0.402. The Morgan fingerprint density at radius 3 is 2.48 bits per heavy atom. The van der Waals surface area contributed by atoms with Gasteiger partial charge in [0, 0.05) is 12.1 Å². The Balaban J connectivity index is 1.74. The number of aromatic nitrogens is 2. The van der Waals surface area contributed by atoms with Crippen LogP contribution in [-0.4, -0.2) is 28.8 Å². The van der Waals surface area contributed by atoms with Crippen molar-refractivity contribution in [3.63, 3.8) is 0 Å². The third-order valence-electron chi connectivity index (χ3n) is 4.36. The van der Waals surface area contributed by atoms with Crippen LogP contribution >= 0.6 is 0 Å². The van der Waals surface area contributed by atoms with Gasteiger partial charge >= 0.3 is 0 Å². The summed E-state index contributed by atoms with van der Waals surface area (Å²) in [4.78, 5) is 2.10. The quantitative estimate of drug-likeness (QED) is 0.502. The summed E-state index contributed by atoms with van der Waals surface area (Å²) in [6.45, 7) is 0.761. The molecule has 136 valence electrons. The monoisotopic (exact) mass is 361 g/mol. The maximum atomic E-state index is 13.5. The van der Waals surface area contributed by atoms with Gasteiger partial charge in [0.05, 0.1) is 18.1 Å². The molecule has 0 fully saturated rings. The van der Waals surface area contributed by atoms with E-state index in [0.29, 0.717) is 0 Å². The molecule has 0 aliphatic rings. The van der Waals surface area contributed by atoms with Crippen LogP contribution in [0.15, 0.2) is 77.5 Å². The van der Waals surface area contributed by atoms with Crippen LogP contribution in [0.4, 0.5) is 4.39 Å². The minimum Gasteiger partial charge on any atom is -0.463 e. The molecule has 2 aromatic carbocycles. The maximum absolute atomic E-state index is 13.5. The van der Waals surface area contributed by atoms with Crippen molar-refractivity contribution in [3.8, 4) is 28.3 Å².